The normalized spacial score (nSPS) is 11.6. The Kier molecular flexibility index (Phi) is 5.43. The van der Waals surface area contributed by atoms with Gasteiger partial charge in [-0.2, -0.15) is 0 Å². The molecular formula is C20H20N4O2. The van der Waals surface area contributed by atoms with Gasteiger partial charge in [-0.05, 0) is 5.56 Å². The number of aromatic nitrogens is 2. The summed E-state index contributed by atoms with van der Waals surface area (Å²) in [5.74, 6) is 0.174. The SMILES string of the molecule is CNC(=O)[C@H](NC(=O)Cn1ccnc1-c1ccccc1)c1ccccc1. The van der Waals surface area contributed by atoms with Gasteiger partial charge in [0.15, 0.2) is 0 Å². The van der Waals surface area contributed by atoms with Gasteiger partial charge in [-0.15, -0.1) is 0 Å². The maximum Gasteiger partial charge on any atom is 0.246 e. The van der Waals surface area contributed by atoms with Gasteiger partial charge in [-0.1, -0.05) is 60.7 Å². The summed E-state index contributed by atoms with van der Waals surface area (Å²) in [7, 11) is 1.55. The summed E-state index contributed by atoms with van der Waals surface area (Å²) in [4.78, 5) is 29.1. The molecule has 0 saturated carbocycles. The predicted molar refractivity (Wildman–Crippen MR) is 99.1 cm³/mol. The van der Waals surface area contributed by atoms with Crippen LogP contribution in [-0.4, -0.2) is 28.4 Å². The van der Waals surface area contributed by atoms with Gasteiger partial charge < -0.3 is 15.2 Å². The maximum absolute atomic E-state index is 12.6. The average Bonchev–Trinajstić information content (AvgIpc) is 3.15. The lowest BCUT2D eigenvalue weighted by molar-refractivity contribution is -0.129. The second-order valence-electron chi connectivity index (χ2n) is 5.77. The summed E-state index contributed by atoms with van der Waals surface area (Å²) in [5, 5.41) is 5.39. The van der Waals surface area contributed by atoms with Crippen LogP contribution in [0.3, 0.4) is 0 Å². The molecule has 2 N–H and O–H groups in total. The first-order valence-corrected chi connectivity index (χ1v) is 8.31. The van der Waals surface area contributed by atoms with Gasteiger partial charge in [0.25, 0.3) is 0 Å². The van der Waals surface area contributed by atoms with Crippen molar-refractivity contribution in [1.29, 1.82) is 0 Å². The lowest BCUT2D eigenvalue weighted by Crippen LogP contribution is -2.40. The first-order valence-electron chi connectivity index (χ1n) is 8.31. The van der Waals surface area contributed by atoms with Crippen molar-refractivity contribution in [2.45, 2.75) is 12.6 Å². The number of amides is 2. The number of nitrogens with one attached hydrogen (secondary N) is 2. The Bertz CT molecular complexity index is 875. The highest BCUT2D eigenvalue weighted by atomic mass is 16.2. The fourth-order valence-corrected chi connectivity index (χ4v) is 2.74. The minimum absolute atomic E-state index is 0.0740. The van der Waals surface area contributed by atoms with E-state index < -0.39 is 6.04 Å². The van der Waals surface area contributed by atoms with Crippen molar-refractivity contribution in [2.24, 2.45) is 0 Å². The maximum atomic E-state index is 12.6. The quantitative estimate of drug-likeness (QED) is 0.717. The van der Waals surface area contributed by atoms with Crippen LogP contribution in [0.1, 0.15) is 11.6 Å². The highest BCUT2D eigenvalue weighted by Crippen LogP contribution is 2.17. The topological polar surface area (TPSA) is 76.0 Å². The first kappa shape index (κ1) is 17.4. The van der Waals surface area contributed by atoms with Crippen LogP contribution in [0.25, 0.3) is 11.4 Å². The molecular weight excluding hydrogens is 328 g/mol. The number of benzene rings is 2. The number of carbonyl (C=O) groups excluding carboxylic acids is 2. The lowest BCUT2D eigenvalue weighted by atomic mass is 10.1. The minimum atomic E-state index is -0.739. The third-order valence-electron chi connectivity index (χ3n) is 4.01. The van der Waals surface area contributed by atoms with Crippen LogP contribution in [0.4, 0.5) is 0 Å². The molecule has 0 fully saturated rings. The fraction of sp³-hybridized carbons (Fsp3) is 0.150. The number of rotatable bonds is 6. The summed E-state index contributed by atoms with van der Waals surface area (Å²) in [6.07, 6.45) is 3.41. The van der Waals surface area contributed by atoms with Crippen molar-refractivity contribution >= 4 is 11.8 Å². The average molecular weight is 348 g/mol. The summed E-state index contributed by atoms with van der Waals surface area (Å²) >= 11 is 0. The third-order valence-corrected chi connectivity index (χ3v) is 4.01. The van der Waals surface area contributed by atoms with Crippen LogP contribution < -0.4 is 10.6 Å². The molecule has 1 heterocycles. The van der Waals surface area contributed by atoms with Crippen molar-refractivity contribution in [3.63, 3.8) is 0 Å². The van der Waals surface area contributed by atoms with Gasteiger partial charge in [0.05, 0.1) is 0 Å². The Hall–Kier alpha value is -3.41. The third kappa shape index (κ3) is 3.97. The fourth-order valence-electron chi connectivity index (χ4n) is 2.74. The van der Waals surface area contributed by atoms with Gasteiger partial charge >= 0.3 is 0 Å². The highest BCUT2D eigenvalue weighted by Gasteiger charge is 2.22. The number of hydrogen-bond acceptors (Lipinski definition) is 3. The van der Waals surface area contributed by atoms with Crippen LogP contribution in [-0.2, 0) is 16.1 Å². The summed E-state index contributed by atoms with van der Waals surface area (Å²) < 4.78 is 1.76. The highest BCUT2D eigenvalue weighted by molar-refractivity contribution is 5.88. The Morgan fingerprint density at radius 2 is 1.69 bits per heavy atom. The smallest absolute Gasteiger partial charge is 0.246 e. The zero-order valence-electron chi connectivity index (χ0n) is 14.4. The standard InChI is InChI=1S/C20H20N4O2/c1-21-20(26)18(15-8-4-2-5-9-15)23-17(25)14-24-13-12-22-19(24)16-10-6-3-7-11-16/h2-13,18H,14H2,1H3,(H,21,26)(H,23,25)/t18-/m1/s1. The van der Waals surface area contributed by atoms with Crippen LogP contribution in [0.15, 0.2) is 73.1 Å². The molecule has 1 atom stereocenters. The monoisotopic (exact) mass is 348 g/mol. The molecule has 0 spiro atoms. The van der Waals surface area contributed by atoms with E-state index in [0.29, 0.717) is 5.82 Å². The first-order chi connectivity index (χ1) is 12.7. The molecule has 26 heavy (non-hydrogen) atoms. The van der Waals surface area contributed by atoms with E-state index in [0.717, 1.165) is 11.1 Å². The van der Waals surface area contributed by atoms with E-state index in [1.165, 1.54) is 0 Å². The molecule has 1 aromatic heterocycles. The Morgan fingerprint density at radius 3 is 2.35 bits per heavy atom. The number of hydrogen-bond donors (Lipinski definition) is 2. The van der Waals surface area contributed by atoms with Crippen molar-refractivity contribution in [2.75, 3.05) is 7.05 Å². The summed E-state index contributed by atoms with van der Waals surface area (Å²) in [5.41, 5.74) is 1.66. The summed E-state index contributed by atoms with van der Waals surface area (Å²) in [6, 6.07) is 18.1. The van der Waals surface area contributed by atoms with E-state index in [9.17, 15) is 9.59 Å². The molecule has 0 bridgehead atoms. The molecule has 6 heteroatoms. The molecule has 0 aliphatic heterocycles. The van der Waals surface area contributed by atoms with Crippen molar-refractivity contribution in [3.8, 4) is 11.4 Å². The largest absolute Gasteiger partial charge is 0.357 e. The molecule has 2 aromatic carbocycles. The van der Waals surface area contributed by atoms with E-state index in [1.54, 1.807) is 24.0 Å². The number of likely N-dealkylation sites (N-methyl/N-ethyl adjacent to an activating group) is 1. The molecule has 3 rings (SSSR count). The van der Waals surface area contributed by atoms with Crippen LogP contribution in [0, 0.1) is 0 Å². The van der Waals surface area contributed by atoms with E-state index in [2.05, 4.69) is 15.6 Å². The van der Waals surface area contributed by atoms with Crippen LogP contribution in [0.2, 0.25) is 0 Å². The molecule has 132 valence electrons. The van der Waals surface area contributed by atoms with Gasteiger partial charge in [0.1, 0.15) is 18.4 Å². The van der Waals surface area contributed by atoms with Gasteiger partial charge in [-0.3, -0.25) is 9.59 Å². The zero-order valence-corrected chi connectivity index (χ0v) is 14.4. The molecule has 0 unspecified atom stereocenters. The van der Waals surface area contributed by atoms with Gasteiger partial charge in [0, 0.05) is 25.0 Å². The van der Waals surface area contributed by atoms with Gasteiger partial charge in [0.2, 0.25) is 11.8 Å². The van der Waals surface area contributed by atoms with E-state index in [-0.39, 0.29) is 18.4 Å². The Labute approximate surface area is 151 Å². The Balaban J connectivity index is 1.76. The minimum Gasteiger partial charge on any atom is -0.357 e. The summed E-state index contributed by atoms with van der Waals surface area (Å²) in [6.45, 7) is 0.0740. The van der Waals surface area contributed by atoms with E-state index in [1.807, 2.05) is 60.7 Å². The second kappa shape index (κ2) is 8.11. The van der Waals surface area contributed by atoms with Crippen LogP contribution >= 0.6 is 0 Å². The van der Waals surface area contributed by atoms with Crippen molar-refractivity contribution in [3.05, 3.63) is 78.6 Å². The molecule has 0 saturated heterocycles. The van der Waals surface area contributed by atoms with Crippen LogP contribution in [0.5, 0.6) is 0 Å². The molecule has 6 nitrogen and oxygen atoms in total. The molecule has 2 amide bonds. The molecule has 0 radical (unpaired) electrons. The Morgan fingerprint density at radius 1 is 1.04 bits per heavy atom. The number of nitrogens with zero attached hydrogens (tertiary/aromatic N) is 2. The van der Waals surface area contributed by atoms with E-state index >= 15 is 0 Å². The molecule has 3 aromatic rings. The van der Waals surface area contributed by atoms with Gasteiger partial charge in [-0.25, -0.2) is 4.98 Å². The number of imidazole rings is 1. The van der Waals surface area contributed by atoms with Crippen molar-refractivity contribution in [1.82, 2.24) is 20.2 Å². The zero-order chi connectivity index (χ0) is 18.4. The van der Waals surface area contributed by atoms with Crippen molar-refractivity contribution < 1.29 is 9.59 Å². The second-order valence-corrected chi connectivity index (χ2v) is 5.77. The lowest BCUT2D eigenvalue weighted by Gasteiger charge is -2.18. The molecule has 0 aliphatic rings. The molecule has 0 aliphatic carbocycles. The predicted octanol–water partition coefficient (Wildman–Crippen LogP) is 2.15. The number of carbonyl (C=O) groups is 2. The van der Waals surface area contributed by atoms with E-state index in [4.69, 9.17) is 0 Å².